The van der Waals surface area contributed by atoms with E-state index < -0.39 is 6.17 Å². The molecule has 0 amide bonds. The molecule has 0 radical (unpaired) electrons. The van der Waals surface area contributed by atoms with Crippen molar-refractivity contribution in [2.24, 2.45) is 17.3 Å². The van der Waals surface area contributed by atoms with Crippen LogP contribution in [0.25, 0.3) is 0 Å². The highest BCUT2D eigenvalue weighted by Gasteiger charge is 2.52. The summed E-state index contributed by atoms with van der Waals surface area (Å²) >= 11 is 0. The molecule has 2 aliphatic carbocycles. The van der Waals surface area contributed by atoms with Gasteiger partial charge in [0.2, 0.25) is 0 Å². The van der Waals surface area contributed by atoms with Crippen LogP contribution in [0.4, 0.5) is 4.39 Å². The van der Waals surface area contributed by atoms with Crippen molar-refractivity contribution in [1.29, 1.82) is 0 Å². The Bertz CT molecular complexity index is 538. The van der Waals surface area contributed by atoms with E-state index in [0.29, 0.717) is 18.3 Å². The Morgan fingerprint density at radius 1 is 1.45 bits per heavy atom. The Morgan fingerprint density at radius 2 is 2.18 bits per heavy atom. The molecule has 0 saturated carbocycles. The van der Waals surface area contributed by atoms with Crippen molar-refractivity contribution in [2.75, 3.05) is 0 Å². The minimum Gasteiger partial charge on any atom is -0.366 e. The molecule has 122 valence electrons. The fourth-order valence-electron chi connectivity index (χ4n) is 5.00. The molecule has 0 aromatic carbocycles. The van der Waals surface area contributed by atoms with Crippen molar-refractivity contribution in [3.05, 3.63) is 34.9 Å². The van der Waals surface area contributed by atoms with E-state index >= 15 is 0 Å². The first-order valence-corrected chi connectivity index (χ1v) is 8.78. The second kappa shape index (κ2) is 5.63. The Hall–Kier alpha value is -0.890. The summed E-state index contributed by atoms with van der Waals surface area (Å²) in [5, 5.41) is 0. The molecular weight excluding hydrogens is 275 g/mol. The van der Waals surface area contributed by atoms with E-state index in [2.05, 4.69) is 45.9 Å². The third-order valence-electron chi connectivity index (χ3n) is 5.86. The quantitative estimate of drug-likeness (QED) is 0.635. The van der Waals surface area contributed by atoms with Crippen LogP contribution in [0, 0.1) is 17.3 Å². The summed E-state index contributed by atoms with van der Waals surface area (Å²) < 4.78 is 19.9. The summed E-state index contributed by atoms with van der Waals surface area (Å²) in [5.74, 6) is 0.937. The number of fused-ring (bicyclic) bond motifs is 1. The molecular formula is C20H29FO. The van der Waals surface area contributed by atoms with Crippen LogP contribution in [0.5, 0.6) is 0 Å². The molecule has 5 atom stereocenters. The van der Waals surface area contributed by atoms with Crippen molar-refractivity contribution in [1.82, 2.24) is 0 Å². The maximum Gasteiger partial charge on any atom is 0.101 e. The lowest BCUT2D eigenvalue weighted by atomic mass is 9.69. The van der Waals surface area contributed by atoms with Crippen LogP contribution in [-0.2, 0) is 4.74 Å². The molecule has 2 bridgehead atoms. The second-order valence-corrected chi connectivity index (χ2v) is 7.74. The molecule has 22 heavy (non-hydrogen) atoms. The summed E-state index contributed by atoms with van der Waals surface area (Å²) in [6.07, 6.45) is 8.75. The third-order valence-corrected chi connectivity index (χ3v) is 5.86. The topological polar surface area (TPSA) is 9.23 Å². The van der Waals surface area contributed by atoms with Gasteiger partial charge in [-0.25, -0.2) is 4.39 Å². The first kappa shape index (κ1) is 16.0. The van der Waals surface area contributed by atoms with Gasteiger partial charge in [0.05, 0.1) is 12.2 Å². The molecule has 1 fully saturated rings. The first-order chi connectivity index (χ1) is 10.4. The van der Waals surface area contributed by atoms with Crippen molar-refractivity contribution in [3.63, 3.8) is 0 Å². The average Bonchev–Trinajstić information content (AvgIpc) is 2.60. The molecule has 1 aliphatic heterocycles. The van der Waals surface area contributed by atoms with Gasteiger partial charge >= 0.3 is 0 Å². The summed E-state index contributed by atoms with van der Waals surface area (Å²) in [7, 11) is 0. The van der Waals surface area contributed by atoms with Gasteiger partial charge in [-0.05, 0) is 60.2 Å². The van der Waals surface area contributed by atoms with E-state index in [1.807, 2.05) is 0 Å². The Labute approximate surface area is 134 Å². The summed E-state index contributed by atoms with van der Waals surface area (Å²) in [4.78, 5) is 0. The van der Waals surface area contributed by atoms with Crippen molar-refractivity contribution in [3.8, 4) is 0 Å². The zero-order chi connectivity index (χ0) is 16.1. The van der Waals surface area contributed by atoms with Crippen LogP contribution < -0.4 is 0 Å². The molecule has 0 aromatic heterocycles. The number of rotatable bonds is 3. The van der Waals surface area contributed by atoms with E-state index in [9.17, 15) is 4.39 Å². The molecule has 1 heterocycles. The van der Waals surface area contributed by atoms with Crippen LogP contribution in [0.15, 0.2) is 34.9 Å². The van der Waals surface area contributed by atoms with E-state index in [0.717, 1.165) is 12.8 Å². The monoisotopic (exact) mass is 304 g/mol. The highest BCUT2D eigenvalue weighted by atomic mass is 19.1. The van der Waals surface area contributed by atoms with E-state index in [1.54, 1.807) is 6.92 Å². The highest BCUT2D eigenvalue weighted by Crippen LogP contribution is 2.59. The molecule has 0 aromatic rings. The van der Waals surface area contributed by atoms with E-state index in [-0.39, 0.29) is 17.6 Å². The van der Waals surface area contributed by atoms with E-state index in [1.165, 1.54) is 16.7 Å². The number of hydrogen-bond donors (Lipinski definition) is 0. The summed E-state index contributed by atoms with van der Waals surface area (Å²) in [6.45, 7) is 10.9. The van der Waals surface area contributed by atoms with Gasteiger partial charge in [-0.1, -0.05) is 45.9 Å². The molecule has 3 rings (SSSR count). The summed E-state index contributed by atoms with van der Waals surface area (Å²) in [5.41, 5.74) is 4.43. The third kappa shape index (κ3) is 2.31. The van der Waals surface area contributed by atoms with Crippen LogP contribution in [0.1, 0.15) is 53.9 Å². The van der Waals surface area contributed by atoms with Crippen molar-refractivity contribution >= 4 is 0 Å². The number of ether oxygens (including phenoxy) is 1. The predicted octanol–water partition coefficient (Wildman–Crippen LogP) is 5.39. The normalized spacial score (nSPS) is 39.3. The molecule has 1 nitrogen and oxygen atoms in total. The van der Waals surface area contributed by atoms with Gasteiger partial charge in [0.15, 0.2) is 0 Å². The summed E-state index contributed by atoms with van der Waals surface area (Å²) in [6, 6.07) is 0. The van der Waals surface area contributed by atoms with Gasteiger partial charge in [-0.2, -0.15) is 0 Å². The van der Waals surface area contributed by atoms with Gasteiger partial charge in [-0.3, -0.25) is 0 Å². The Kier molecular flexibility index (Phi) is 4.09. The molecule has 3 unspecified atom stereocenters. The largest absolute Gasteiger partial charge is 0.366 e. The zero-order valence-electron chi connectivity index (χ0n) is 14.5. The minimum absolute atomic E-state index is 0.118. The number of alkyl halides is 1. The first-order valence-electron chi connectivity index (χ1n) is 8.78. The maximum atomic E-state index is 13.4. The zero-order valence-corrected chi connectivity index (χ0v) is 14.5. The minimum atomic E-state index is -0.788. The van der Waals surface area contributed by atoms with Crippen LogP contribution in [-0.4, -0.2) is 18.4 Å². The highest BCUT2D eigenvalue weighted by molar-refractivity contribution is 5.48. The lowest BCUT2D eigenvalue weighted by Gasteiger charge is -2.38. The fraction of sp³-hybridized carbons (Fsp3) is 0.700. The van der Waals surface area contributed by atoms with Gasteiger partial charge in [0, 0.05) is 0 Å². The maximum absolute atomic E-state index is 13.4. The smallest absolute Gasteiger partial charge is 0.101 e. The van der Waals surface area contributed by atoms with Crippen LogP contribution in [0.3, 0.4) is 0 Å². The Balaban J connectivity index is 2.10. The van der Waals surface area contributed by atoms with Crippen molar-refractivity contribution < 1.29 is 9.13 Å². The predicted molar refractivity (Wildman–Crippen MR) is 89.4 cm³/mol. The molecule has 1 saturated heterocycles. The van der Waals surface area contributed by atoms with Crippen molar-refractivity contribution in [2.45, 2.75) is 72.3 Å². The second-order valence-electron chi connectivity index (χ2n) is 7.74. The average molecular weight is 304 g/mol. The van der Waals surface area contributed by atoms with Crippen LogP contribution >= 0.6 is 0 Å². The number of allylic oxidation sites excluding steroid dienone is 3. The Morgan fingerprint density at radius 3 is 2.82 bits per heavy atom. The molecule has 0 spiro atoms. The van der Waals surface area contributed by atoms with Gasteiger partial charge in [0.25, 0.3) is 0 Å². The SMILES string of the molecule is CCC1OC2CC=CC3=C2[C@@H](C)C(/C1=C\C[C@H](C)F)C3(C)C. The van der Waals surface area contributed by atoms with Gasteiger partial charge < -0.3 is 4.74 Å². The number of hydrogen-bond acceptors (Lipinski definition) is 1. The standard InChI is InChI=1S/C20H29FO/c1-6-16-14(11-10-12(2)21)19-13(3)18-15(20(19,4)5)8-7-9-17(18)22-16/h7-8,11-13,16-17,19H,6,9-10H2,1-5H3/b14-11-/t12-,13+,16?,17?,19?/m0/s1. The molecule has 0 N–H and O–H groups in total. The lowest BCUT2D eigenvalue weighted by Crippen LogP contribution is -2.33. The molecule has 3 aliphatic rings. The van der Waals surface area contributed by atoms with E-state index in [4.69, 9.17) is 4.74 Å². The van der Waals surface area contributed by atoms with Gasteiger partial charge in [-0.15, -0.1) is 0 Å². The van der Waals surface area contributed by atoms with Gasteiger partial charge in [0.1, 0.15) is 6.17 Å². The fourth-order valence-corrected chi connectivity index (χ4v) is 5.00. The lowest BCUT2D eigenvalue weighted by molar-refractivity contribution is 0.0237. The van der Waals surface area contributed by atoms with Crippen LogP contribution in [0.2, 0.25) is 0 Å². The molecule has 2 heteroatoms. The number of halogens is 1.